The van der Waals surface area contributed by atoms with Gasteiger partial charge in [-0.25, -0.2) is 0 Å². The molecule has 0 saturated heterocycles. The molecule has 1 N–H and O–H groups in total. The van der Waals surface area contributed by atoms with Crippen molar-refractivity contribution in [1.82, 2.24) is 10.2 Å². The third-order valence-electron chi connectivity index (χ3n) is 5.10. The largest absolute Gasteiger partial charge is 0.333 e. The van der Waals surface area contributed by atoms with Gasteiger partial charge in [0.15, 0.2) is 0 Å². The van der Waals surface area contributed by atoms with Gasteiger partial charge in [-0.05, 0) is 51.3 Å². The first kappa shape index (κ1) is 14.6. The fraction of sp³-hybridized carbons (Fsp3) is 0.611. The predicted octanol–water partition coefficient (Wildman–Crippen LogP) is 3.05. The van der Waals surface area contributed by atoms with E-state index in [1.165, 1.54) is 18.4 Å². The van der Waals surface area contributed by atoms with Crippen molar-refractivity contribution in [3.8, 4) is 0 Å². The van der Waals surface area contributed by atoms with Gasteiger partial charge in [-0.1, -0.05) is 37.1 Å². The first-order valence-electron chi connectivity index (χ1n) is 8.13. The van der Waals surface area contributed by atoms with E-state index in [2.05, 4.69) is 42.3 Å². The third-order valence-corrected chi connectivity index (χ3v) is 5.10. The van der Waals surface area contributed by atoms with Crippen molar-refractivity contribution in [2.45, 2.75) is 63.6 Å². The molecule has 1 aliphatic heterocycles. The quantitative estimate of drug-likeness (QED) is 0.906. The summed E-state index contributed by atoms with van der Waals surface area (Å²) in [5.41, 5.74) is 2.34. The molecular formula is C18H26N2O. The summed E-state index contributed by atoms with van der Waals surface area (Å²) in [6.45, 7) is 4.44. The van der Waals surface area contributed by atoms with Crippen LogP contribution in [0.3, 0.4) is 0 Å². The van der Waals surface area contributed by atoms with Crippen molar-refractivity contribution < 1.29 is 4.79 Å². The van der Waals surface area contributed by atoms with Crippen LogP contribution in [0.2, 0.25) is 0 Å². The van der Waals surface area contributed by atoms with Gasteiger partial charge in [-0.3, -0.25) is 4.79 Å². The van der Waals surface area contributed by atoms with Crippen LogP contribution in [-0.4, -0.2) is 29.4 Å². The molecule has 2 aliphatic rings. The number of nitrogens with zero attached hydrogens (tertiary/aromatic N) is 1. The van der Waals surface area contributed by atoms with Crippen LogP contribution in [0.4, 0.5) is 0 Å². The zero-order valence-corrected chi connectivity index (χ0v) is 13.4. The van der Waals surface area contributed by atoms with Crippen LogP contribution in [-0.2, 0) is 11.2 Å². The van der Waals surface area contributed by atoms with Crippen molar-refractivity contribution in [2.75, 3.05) is 7.05 Å². The van der Waals surface area contributed by atoms with E-state index >= 15 is 0 Å². The average Bonchev–Trinajstić information content (AvgIpc) is 2.91. The molecule has 1 fully saturated rings. The standard InChI is InChI=1S/C18H26N2O/c1-18(2)12-13-8-4-7-11-15(13)16(19-3)17(21)20(18)14-9-5-6-10-14/h4,7-8,11,14,16,19H,5-6,9-10,12H2,1-3H3. The Labute approximate surface area is 127 Å². The fourth-order valence-corrected chi connectivity index (χ4v) is 4.21. The zero-order chi connectivity index (χ0) is 15.0. The first-order chi connectivity index (χ1) is 10.0. The third kappa shape index (κ3) is 2.48. The lowest BCUT2D eigenvalue weighted by atomic mass is 9.91. The van der Waals surface area contributed by atoms with Gasteiger partial charge in [0.2, 0.25) is 5.91 Å². The summed E-state index contributed by atoms with van der Waals surface area (Å²) in [4.78, 5) is 15.4. The Morgan fingerprint density at radius 3 is 2.52 bits per heavy atom. The van der Waals surface area contributed by atoms with Crippen LogP contribution in [0, 0.1) is 0 Å². The normalized spacial score (nSPS) is 25.8. The monoisotopic (exact) mass is 286 g/mol. The number of carbonyl (C=O) groups excluding carboxylic acids is 1. The maximum absolute atomic E-state index is 13.2. The van der Waals surface area contributed by atoms with Gasteiger partial charge in [-0.15, -0.1) is 0 Å². The summed E-state index contributed by atoms with van der Waals surface area (Å²) >= 11 is 0. The predicted molar refractivity (Wildman–Crippen MR) is 85.1 cm³/mol. The van der Waals surface area contributed by atoms with Gasteiger partial charge in [-0.2, -0.15) is 0 Å². The second-order valence-corrected chi connectivity index (χ2v) is 7.06. The van der Waals surface area contributed by atoms with Crippen LogP contribution in [0.25, 0.3) is 0 Å². The highest BCUT2D eigenvalue weighted by atomic mass is 16.2. The van der Waals surface area contributed by atoms with Crippen LogP contribution in [0.15, 0.2) is 24.3 Å². The molecule has 0 radical (unpaired) electrons. The Kier molecular flexibility index (Phi) is 3.78. The van der Waals surface area contributed by atoms with Crippen molar-refractivity contribution in [3.63, 3.8) is 0 Å². The number of nitrogens with one attached hydrogen (secondary N) is 1. The van der Waals surface area contributed by atoms with Gasteiger partial charge in [0.25, 0.3) is 0 Å². The minimum Gasteiger partial charge on any atom is -0.333 e. The summed E-state index contributed by atoms with van der Waals surface area (Å²) in [5, 5.41) is 3.25. The Bertz CT molecular complexity index is 532. The van der Waals surface area contributed by atoms with Gasteiger partial charge in [0, 0.05) is 11.6 Å². The number of fused-ring (bicyclic) bond motifs is 1. The maximum Gasteiger partial charge on any atom is 0.245 e. The second-order valence-electron chi connectivity index (χ2n) is 7.06. The van der Waals surface area contributed by atoms with E-state index in [-0.39, 0.29) is 17.5 Å². The van der Waals surface area contributed by atoms with E-state index in [1.54, 1.807) is 0 Å². The number of likely N-dealkylation sites (N-methyl/N-ethyl adjacent to an activating group) is 1. The Hall–Kier alpha value is -1.35. The van der Waals surface area contributed by atoms with Crippen LogP contribution in [0.1, 0.15) is 56.7 Å². The molecule has 1 unspecified atom stereocenters. The number of rotatable bonds is 2. The zero-order valence-electron chi connectivity index (χ0n) is 13.4. The number of carbonyl (C=O) groups is 1. The lowest BCUT2D eigenvalue weighted by molar-refractivity contribution is -0.141. The van der Waals surface area contributed by atoms with Crippen LogP contribution in [0.5, 0.6) is 0 Å². The van der Waals surface area contributed by atoms with Gasteiger partial charge >= 0.3 is 0 Å². The summed E-state index contributed by atoms with van der Waals surface area (Å²) in [6.07, 6.45) is 5.75. The molecule has 1 amide bonds. The van der Waals surface area contributed by atoms with E-state index in [9.17, 15) is 4.79 Å². The summed E-state index contributed by atoms with van der Waals surface area (Å²) in [6, 6.07) is 8.60. The summed E-state index contributed by atoms with van der Waals surface area (Å²) in [5.74, 6) is 0.249. The Morgan fingerprint density at radius 2 is 1.86 bits per heavy atom. The number of benzene rings is 1. The Morgan fingerprint density at radius 1 is 1.19 bits per heavy atom. The smallest absolute Gasteiger partial charge is 0.245 e. The highest BCUT2D eigenvalue weighted by molar-refractivity contribution is 5.85. The second kappa shape index (κ2) is 5.45. The molecule has 3 heteroatoms. The molecule has 0 aromatic heterocycles. The number of hydrogen-bond donors (Lipinski definition) is 1. The van der Waals surface area contributed by atoms with Gasteiger partial charge in [0.05, 0.1) is 0 Å². The molecule has 1 aliphatic carbocycles. The van der Waals surface area contributed by atoms with Crippen molar-refractivity contribution in [2.24, 2.45) is 0 Å². The lowest BCUT2D eigenvalue weighted by Crippen LogP contribution is -2.54. The molecule has 0 bridgehead atoms. The van der Waals surface area contributed by atoms with E-state index in [1.807, 2.05) is 13.1 Å². The van der Waals surface area contributed by atoms with Crippen LogP contribution >= 0.6 is 0 Å². The molecule has 1 atom stereocenters. The minimum absolute atomic E-state index is 0.117. The SMILES string of the molecule is CNC1C(=O)N(C2CCCC2)C(C)(C)Cc2ccccc21. The Balaban J connectivity index is 2.06. The van der Waals surface area contributed by atoms with Gasteiger partial charge in [0.1, 0.15) is 6.04 Å². The summed E-state index contributed by atoms with van der Waals surface area (Å²) < 4.78 is 0. The van der Waals surface area contributed by atoms with E-state index in [0.717, 1.165) is 24.8 Å². The highest BCUT2D eigenvalue weighted by Crippen LogP contribution is 2.37. The molecule has 1 heterocycles. The topological polar surface area (TPSA) is 32.3 Å². The van der Waals surface area contributed by atoms with Crippen molar-refractivity contribution in [1.29, 1.82) is 0 Å². The lowest BCUT2D eigenvalue weighted by Gasteiger charge is -2.42. The van der Waals surface area contributed by atoms with Crippen LogP contribution < -0.4 is 5.32 Å². The van der Waals surface area contributed by atoms with Crippen molar-refractivity contribution in [3.05, 3.63) is 35.4 Å². The minimum atomic E-state index is -0.205. The van der Waals surface area contributed by atoms with Gasteiger partial charge < -0.3 is 10.2 Å². The fourth-order valence-electron chi connectivity index (χ4n) is 4.21. The maximum atomic E-state index is 13.2. The molecule has 114 valence electrons. The molecule has 21 heavy (non-hydrogen) atoms. The highest BCUT2D eigenvalue weighted by Gasteiger charge is 2.43. The van der Waals surface area contributed by atoms with E-state index in [4.69, 9.17) is 0 Å². The molecule has 1 saturated carbocycles. The molecule has 1 aromatic rings. The molecular weight excluding hydrogens is 260 g/mol. The first-order valence-corrected chi connectivity index (χ1v) is 8.13. The average molecular weight is 286 g/mol. The van der Waals surface area contributed by atoms with E-state index < -0.39 is 0 Å². The van der Waals surface area contributed by atoms with Crippen molar-refractivity contribution >= 4 is 5.91 Å². The number of amides is 1. The molecule has 3 rings (SSSR count). The molecule has 1 aromatic carbocycles. The molecule has 3 nitrogen and oxygen atoms in total. The van der Waals surface area contributed by atoms with E-state index in [0.29, 0.717) is 6.04 Å². The number of hydrogen-bond acceptors (Lipinski definition) is 2. The molecule has 0 spiro atoms. The summed E-state index contributed by atoms with van der Waals surface area (Å²) in [7, 11) is 1.89.